The van der Waals surface area contributed by atoms with Gasteiger partial charge < -0.3 is 24.8 Å². The molecule has 3 aromatic rings. The average Bonchev–Trinajstić information content (AvgIpc) is 2.82. The average molecular weight is 513 g/mol. The van der Waals surface area contributed by atoms with Crippen LogP contribution in [-0.2, 0) is 11.2 Å². The molecule has 1 aromatic carbocycles. The number of aliphatic hydroxyl groups excluding tert-OH is 1. The van der Waals surface area contributed by atoms with Crippen molar-refractivity contribution in [1.29, 1.82) is 0 Å². The number of pyridine rings is 1. The largest absolute Gasteiger partial charge is 0.617 e. The lowest BCUT2D eigenvalue weighted by Gasteiger charge is -2.41. The van der Waals surface area contributed by atoms with E-state index in [1.54, 1.807) is 23.4 Å². The van der Waals surface area contributed by atoms with Gasteiger partial charge in [0, 0.05) is 49.0 Å². The van der Waals surface area contributed by atoms with Crippen LogP contribution in [0.5, 0.6) is 0 Å². The summed E-state index contributed by atoms with van der Waals surface area (Å²) in [6, 6.07) is 8.19. The molecule has 2 aromatic heterocycles. The predicted molar refractivity (Wildman–Crippen MR) is 144 cm³/mol. The first kappa shape index (κ1) is 25.0. The molecule has 3 atom stereocenters. The molecular formula is C26H33FN6O2S. The molecule has 3 unspecified atom stereocenters. The first-order chi connectivity index (χ1) is 17.3. The van der Waals surface area contributed by atoms with Crippen molar-refractivity contribution in [2.45, 2.75) is 38.5 Å². The van der Waals surface area contributed by atoms with E-state index in [4.69, 9.17) is 0 Å². The van der Waals surface area contributed by atoms with Crippen LogP contribution in [0.3, 0.4) is 0 Å². The molecule has 5 rings (SSSR count). The molecule has 2 saturated heterocycles. The summed E-state index contributed by atoms with van der Waals surface area (Å²) < 4.78 is 25.6. The number of aliphatic hydroxyl groups is 1. The van der Waals surface area contributed by atoms with E-state index in [2.05, 4.69) is 57.2 Å². The smallest absolute Gasteiger partial charge is 0.227 e. The van der Waals surface area contributed by atoms with Gasteiger partial charge >= 0.3 is 0 Å². The summed E-state index contributed by atoms with van der Waals surface area (Å²) in [5, 5.41) is 15.2. The van der Waals surface area contributed by atoms with Crippen LogP contribution in [-0.4, -0.2) is 75.1 Å². The van der Waals surface area contributed by atoms with Gasteiger partial charge in [0.25, 0.3) is 0 Å². The van der Waals surface area contributed by atoms with Gasteiger partial charge in [-0.3, -0.25) is 0 Å². The Morgan fingerprint density at radius 3 is 2.67 bits per heavy atom. The number of benzene rings is 1. The minimum Gasteiger partial charge on any atom is -0.617 e. The highest BCUT2D eigenvalue weighted by atomic mass is 32.2. The number of piperidine rings is 1. The summed E-state index contributed by atoms with van der Waals surface area (Å²) in [5.41, 5.74) is 2.40. The van der Waals surface area contributed by atoms with Crippen LogP contribution in [0, 0.1) is 5.92 Å². The Morgan fingerprint density at radius 2 is 1.94 bits per heavy atom. The second-order valence-electron chi connectivity index (χ2n) is 10.1. The third-order valence-electron chi connectivity index (χ3n) is 6.99. The zero-order valence-electron chi connectivity index (χ0n) is 20.9. The van der Waals surface area contributed by atoms with E-state index in [0.717, 1.165) is 35.3 Å². The van der Waals surface area contributed by atoms with E-state index in [9.17, 15) is 14.0 Å². The number of nitrogens with one attached hydrogen (secondary N) is 1. The fourth-order valence-electron chi connectivity index (χ4n) is 5.07. The van der Waals surface area contributed by atoms with E-state index < -0.39 is 23.5 Å². The number of nitrogens with zero attached hydrogens (tertiary/aromatic N) is 5. The number of hydrogen-bond acceptors (Lipinski definition) is 8. The maximum absolute atomic E-state index is 14.0. The molecular weight excluding hydrogens is 479 g/mol. The molecule has 4 heterocycles. The maximum atomic E-state index is 14.0. The Kier molecular flexibility index (Phi) is 7.18. The minimum absolute atomic E-state index is 0.0743. The van der Waals surface area contributed by atoms with Gasteiger partial charge in [-0.1, -0.05) is 31.1 Å². The molecule has 0 spiro atoms. The quantitative estimate of drug-likeness (QED) is 0.463. The Balaban J connectivity index is 1.39. The van der Waals surface area contributed by atoms with E-state index >= 15 is 0 Å². The number of rotatable bonds is 7. The van der Waals surface area contributed by atoms with Crippen molar-refractivity contribution in [1.82, 2.24) is 15.0 Å². The predicted octanol–water partition coefficient (Wildman–Crippen LogP) is 3.62. The fraction of sp³-hybridized carbons (Fsp3) is 0.500. The molecule has 8 nitrogen and oxygen atoms in total. The van der Waals surface area contributed by atoms with Crippen LogP contribution in [0.15, 0.2) is 36.7 Å². The summed E-state index contributed by atoms with van der Waals surface area (Å²) in [4.78, 5) is 17.7. The van der Waals surface area contributed by atoms with Crippen LogP contribution in [0.4, 0.5) is 27.7 Å². The van der Waals surface area contributed by atoms with Crippen LogP contribution in [0.1, 0.15) is 31.7 Å². The Hall–Kier alpha value is -2.69. The van der Waals surface area contributed by atoms with Crippen LogP contribution >= 0.6 is 0 Å². The number of fused-ring (bicyclic) bond motifs is 1. The second-order valence-corrected chi connectivity index (χ2v) is 11.6. The number of halogens is 1. The normalized spacial score (nSPS) is 21.6. The molecule has 0 amide bonds. The standard InChI is InChI=1S/C26H33FN6O2S/c1-16(2)18-4-5-22(33-12-17(13-33)15-36(3)35)20-11-29-25(10-19(18)20)30-24-6-8-28-26(31-24)32-9-7-23(34)21(27)14-32/h4-6,8,10-11,16-17,21,23,34H,7,9,12-15H2,1-3H3,(H,28,29,30,31). The summed E-state index contributed by atoms with van der Waals surface area (Å²) in [6.45, 7) is 6.76. The monoisotopic (exact) mass is 512 g/mol. The molecule has 10 heteroatoms. The lowest BCUT2D eigenvalue weighted by molar-refractivity contribution is 0.0612. The third-order valence-corrected chi connectivity index (χ3v) is 7.93. The van der Waals surface area contributed by atoms with Crippen molar-refractivity contribution >= 4 is 45.2 Å². The SMILES string of the molecule is CC(C)c1ccc(N2CC(C[S+](C)[O-])C2)c2cnc(Nc3ccnc(N4CCC(O)C(F)C4)n3)cc12. The molecule has 2 N–H and O–H groups in total. The Bertz CT molecular complexity index is 1220. The zero-order valence-corrected chi connectivity index (χ0v) is 21.7. The van der Waals surface area contributed by atoms with E-state index in [1.807, 2.05) is 6.20 Å². The van der Waals surface area contributed by atoms with Gasteiger partial charge in [-0.05, 0) is 41.5 Å². The maximum Gasteiger partial charge on any atom is 0.227 e. The summed E-state index contributed by atoms with van der Waals surface area (Å²) >= 11 is -0.773. The number of hydrogen-bond donors (Lipinski definition) is 2. The van der Waals surface area contributed by atoms with Crippen LogP contribution < -0.4 is 15.1 Å². The molecule has 36 heavy (non-hydrogen) atoms. The summed E-state index contributed by atoms with van der Waals surface area (Å²) in [5.74, 6) is 3.24. The third kappa shape index (κ3) is 5.21. The minimum atomic E-state index is -1.31. The summed E-state index contributed by atoms with van der Waals surface area (Å²) in [6.07, 6.45) is 3.43. The van der Waals surface area contributed by atoms with E-state index in [-0.39, 0.29) is 6.54 Å². The second kappa shape index (κ2) is 10.4. The van der Waals surface area contributed by atoms with Crippen LogP contribution in [0.2, 0.25) is 0 Å². The lowest BCUT2D eigenvalue weighted by atomic mass is 9.93. The highest BCUT2D eigenvalue weighted by Gasteiger charge is 2.31. The number of anilines is 4. The van der Waals surface area contributed by atoms with Crippen molar-refractivity contribution in [3.8, 4) is 0 Å². The van der Waals surface area contributed by atoms with E-state index in [0.29, 0.717) is 42.4 Å². The molecule has 192 valence electrons. The number of aromatic nitrogens is 3. The first-order valence-electron chi connectivity index (χ1n) is 12.4. The Labute approximate surface area is 214 Å². The molecule has 2 aliphatic rings. The number of alkyl halides is 1. The van der Waals surface area contributed by atoms with Crippen molar-refractivity contribution in [3.05, 3.63) is 42.2 Å². The lowest BCUT2D eigenvalue weighted by Crippen LogP contribution is -2.49. The zero-order chi connectivity index (χ0) is 25.4. The van der Waals surface area contributed by atoms with Gasteiger partial charge in [-0.25, -0.2) is 14.4 Å². The molecule has 0 bridgehead atoms. The van der Waals surface area contributed by atoms with Crippen molar-refractivity contribution < 1.29 is 14.0 Å². The van der Waals surface area contributed by atoms with Gasteiger partial charge in [-0.15, -0.1) is 0 Å². The van der Waals surface area contributed by atoms with Gasteiger partial charge in [-0.2, -0.15) is 4.98 Å². The summed E-state index contributed by atoms with van der Waals surface area (Å²) in [7, 11) is 0. The molecule has 0 radical (unpaired) electrons. The highest BCUT2D eigenvalue weighted by molar-refractivity contribution is 7.90. The van der Waals surface area contributed by atoms with Crippen molar-refractivity contribution in [2.75, 3.05) is 53.3 Å². The van der Waals surface area contributed by atoms with Gasteiger partial charge in [0.1, 0.15) is 23.6 Å². The molecule has 2 aliphatic heterocycles. The fourth-order valence-corrected chi connectivity index (χ4v) is 5.95. The Morgan fingerprint density at radius 1 is 1.14 bits per heavy atom. The molecule has 0 aliphatic carbocycles. The van der Waals surface area contributed by atoms with Gasteiger partial charge in [0.15, 0.2) is 0 Å². The van der Waals surface area contributed by atoms with Crippen molar-refractivity contribution in [3.63, 3.8) is 0 Å². The van der Waals surface area contributed by atoms with E-state index in [1.165, 1.54) is 5.56 Å². The molecule has 0 saturated carbocycles. The topological polar surface area (TPSA) is 100 Å². The van der Waals surface area contributed by atoms with Crippen LogP contribution in [0.25, 0.3) is 10.8 Å². The molecule has 2 fully saturated rings. The van der Waals surface area contributed by atoms with Gasteiger partial charge in [0.2, 0.25) is 5.95 Å². The van der Waals surface area contributed by atoms with Gasteiger partial charge in [0.05, 0.1) is 18.9 Å². The van der Waals surface area contributed by atoms with Crippen molar-refractivity contribution in [2.24, 2.45) is 5.92 Å². The highest BCUT2D eigenvalue weighted by Crippen LogP contribution is 2.37. The first-order valence-corrected chi connectivity index (χ1v) is 14.2.